The first-order chi connectivity index (χ1) is 13.4. The van der Waals surface area contributed by atoms with Crippen LogP contribution in [0.1, 0.15) is 18.4 Å². The van der Waals surface area contributed by atoms with Crippen LogP contribution in [0.4, 0.5) is 18.9 Å². The first kappa shape index (κ1) is 20.2. The number of nitrogens with zero attached hydrogens (tertiary/aromatic N) is 1. The highest BCUT2D eigenvalue weighted by molar-refractivity contribution is 5.94. The van der Waals surface area contributed by atoms with Gasteiger partial charge in [-0.25, -0.2) is 0 Å². The van der Waals surface area contributed by atoms with Crippen LogP contribution in [-0.4, -0.2) is 36.7 Å². The van der Waals surface area contributed by atoms with Gasteiger partial charge in [-0.05, 0) is 37.1 Å². The highest BCUT2D eigenvalue weighted by Gasteiger charge is 2.29. The molecule has 1 N–H and O–H groups in total. The highest BCUT2D eigenvalue weighted by atomic mass is 19.4. The molecule has 1 amide bonds. The third kappa shape index (κ3) is 5.99. The van der Waals surface area contributed by atoms with Crippen molar-refractivity contribution in [2.75, 3.05) is 25.0 Å². The van der Waals surface area contributed by atoms with Crippen molar-refractivity contribution in [2.24, 2.45) is 5.92 Å². The van der Waals surface area contributed by atoms with Crippen LogP contribution in [0, 0.1) is 5.92 Å². The van der Waals surface area contributed by atoms with E-state index in [9.17, 15) is 18.0 Å². The number of piperidine rings is 1. The van der Waals surface area contributed by atoms with Crippen molar-refractivity contribution in [3.63, 3.8) is 0 Å². The van der Waals surface area contributed by atoms with Crippen molar-refractivity contribution in [3.8, 4) is 5.75 Å². The molecule has 0 aromatic heterocycles. The van der Waals surface area contributed by atoms with Gasteiger partial charge in [0.05, 0.1) is 11.6 Å². The smallest absolute Gasteiger partial charge is 0.422 e. The summed E-state index contributed by atoms with van der Waals surface area (Å²) in [6.45, 7) is 0.917. The Morgan fingerprint density at radius 3 is 2.57 bits per heavy atom. The summed E-state index contributed by atoms with van der Waals surface area (Å²) < 4.78 is 42.1. The maximum absolute atomic E-state index is 12.7. The van der Waals surface area contributed by atoms with Gasteiger partial charge in [0, 0.05) is 13.1 Å². The fourth-order valence-electron chi connectivity index (χ4n) is 3.34. The Labute approximate surface area is 162 Å². The number of benzene rings is 2. The predicted octanol–water partition coefficient (Wildman–Crippen LogP) is 4.48. The normalized spacial score (nSPS) is 17.9. The fourth-order valence-corrected chi connectivity index (χ4v) is 3.34. The molecular formula is C21H23F3N2O2. The number of halogens is 3. The molecule has 1 aliphatic heterocycles. The summed E-state index contributed by atoms with van der Waals surface area (Å²) in [7, 11) is 0. The SMILES string of the molecule is O=C(Nc1ccccc1OCC(F)(F)F)C1CCCN(Cc2ccccc2)C1. The summed E-state index contributed by atoms with van der Waals surface area (Å²) in [6, 6.07) is 16.2. The van der Waals surface area contributed by atoms with Gasteiger partial charge in [0.1, 0.15) is 5.75 Å². The van der Waals surface area contributed by atoms with Crippen LogP contribution in [0.15, 0.2) is 54.6 Å². The summed E-state index contributed by atoms with van der Waals surface area (Å²) in [5.74, 6) is -0.390. The molecule has 1 saturated heterocycles. The predicted molar refractivity (Wildman–Crippen MR) is 101 cm³/mol. The number of para-hydroxylation sites is 2. The summed E-state index contributed by atoms with van der Waals surface area (Å²) in [4.78, 5) is 14.9. The molecule has 2 aromatic rings. The molecule has 150 valence electrons. The number of hydrogen-bond acceptors (Lipinski definition) is 3. The standard InChI is InChI=1S/C21H23F3N2O2/c22-21(23,24)15-28-19-11-5-4-10-18(19)25-20(27)17-9-6-12-26(14-17)13-16-7-2-1-3-8-16/h1-5,7-8,10-11,17H,6,9,12-15H2,(H,25,27). The molecule has 2 aromatic carbocycles. The third-order valence-corrected chi connectivity index (χ3v) is 4.66. The minimum Gasteiger partial charge on any atom is -0.482 e. The molecule has 0 saturated carbocycles. The van der Waals surface area contributed by atoms with Crippen LogP contribution < -0.4 is 10.1 Å². The molecule has 0 spiro atoms. The molecule has 1 fully saturated rings. The van der Waals surface area contributed by atoms with Gasteiger partial charge in [0.25, 0.3) is 0 Å². The van der Waals surface area contributed by atoms with E-state index in [0.29, 0.717) is 6.54 Å². The van der Waals surface area contributed by atoms with E-state index in [2.05, 4.69) is 22.3 Å². The molecule has 3 rings (SSSR count). The number of ether oxygens (including phenoxy) is 1. The maximum atomic E-state index is 12.7. The zero-order valence-corrected chi connectivity index (χ0v) is 15.4. The molecule has 1 unspecified atom stereocenters. The summed E-state index contributed by atoms with van der Waals surface area (Å²) in [6.07, 6.45) is -2.78. The molecule has 0 bridgehead atoms. The lowest BCUT2D eigenvalue weighted by atomic mass is 9.96. The number of carbonyl (C=O) groups excluding carboxylic acids is 1. The molecule has 28 heavy (non-hydrogen) atoms. The molecule has 0 radical (unpaired) electrons. The average Bonchev–Trinajstić information content (AvgIpc) is 2.68. The van der Waals surface area contributed by atoms with Crippen LogP contribution in [0.5, 0.6) is 5.75 Å². The van der Waals surface area contributed by atoms with Gasteiger partial charge in [-0.3, -0.25) is 9.69 Å². The molecule has 7 heteroatoms. The van der Waals surface area contributed by atoms with Gasteiger partial charge in [-0.1, -0.05) is 42.5 Å². The van der Waals surface area contributed by atoms with E-state index < -0.39 is 12.8 Å². The highest BCUT2D eigenvalue weighted by Crippen LogP contribution is 2.28. The van der Waals surface area contributed by atoms with Crippen molar-refractivity contribution < 1.29 is 22.7 Å². The first-order valence-electron chi connectivity index (χ1n) is 9.26. The van der Waals surface area contributed by atoms with E-state index in [1.165, 1.54) is 11.6 Å². The van der Waals surface area contributed by atoms with Crippen molar-refractivity contribution in [2.45, 2.75) is 25.6 Å². The van der Waals surface area contributed by atoms with E-state index in [4.69, 9.17) is 4.74 Å². The van der Waals surface area contributed by atoms with E-state index >= 15 is 0 Å². The minimum atomic E-state index is -4.43. The van der Waals surface area contributed by atoms with Crippen molar-refractivity contribution in [1.82, 2.24) is 4.90 Å². The third-order valence-electron chi connectivity index (χ3n) is 4.66. The van der Waals surface area contributed by atoms with Gasteiger partial charge >= 0.3 is 6.18 Å². The van der Waals surface area contributed by atoms with Crippen LogP contribution in [0.3, 0.4) is 0 Å². The second kappa shape index (κ2) is 9.10. The van der Waals surface area contributed by atoms with Crippen LogP contribution in [-0.2, 0) is 11.3 Å². The lowest BCUT2D eigenvalue weighted by molar-refractivity contribution is -0.153. The van der Waals surface area contributed by atoms with Gasteiger partial charge < -0.3 is 10.1 Å². The number of hydrogen-bond donors (Lipinski definition) is 1. The van der Waals surface area contributed by atoms with Crippen LogP contribution >= 0.6 is 0 Å². The van der Waals surface area contributed by atoms with E-state index in [1.807, 2.05) is 18.2 Å². The maximum Gasteiger partial charge on any atom is 0.422 e. The Kier molecular flexibility index (Phi) is 6.57. The minimum absolute atomic E-state index is 0.0186. The molecule has 4 nitrogen and oxygen atoms in total. The Hall–Kier alpha value is -2.54. The van der Waals surface area contributed by atoms with Crippen molar-refractivity contribution >= 4 is 11.6 Å². The molecule has 1 heterocycles. The van der Waals surface area contributed by atoms with E-state index in [-0.39, 0.29) is 23.3 Å². The van der Waals surface area contributed by atoms with Gasteiger partial charge in [0.2, 0.25) is 5.91 Å². The van der Waals surface area contributed by atoms with E-state index in [0.717, 1.165) is 25.9 Å². The summed E-state index contributed by atoms with van der Waals surface area (Å²) in [5, 5.41) is 2.74. The quantitative estimate of drug-likeness (QED) is 0.788. The lowest BCUT2D eigenvalue weighted by Crippen LogP contribution is -2.40. The Balaban J connectivity index is 1.60. The fraction of sp³-hybridized carbons (Fsp3) is 0.381. The van der Waals surface area contributed by atoms with Crippen molar-refractivity contribution in [3.05, 3.63) is 60.2 Å². The van der Waals surface area contributed by atoms with Gasteiger partial charge in [0.15, 0.2) is 6.61 Å². The number of likely N-dealkylation sites (tertiary alicyclic amines) is 1. The zero-order chi connectivity index (χ0) is 20.0. The Morgan fingerprint density at radius 1 is 1.11 bits per heavy atom. The average molecular weight is 392 g/mol. The Morgan fingerprint density at radius 2 is 1.82 bits per heavy atom. The number of amides is 1. The largest absolute Gasteiger partial charge is 0.482 e. The Bertz CT molecular complexity index is 781. The topological polar surface area (TPSA) is 41.6 Å². The lowest BCUT2D eigenvalue weighted by Gasteiger charge is -2.32. The molecule has 0 aliphatic carbocycles. The second-order valence-corrected chi connectivity index (χ2v) is 6.95. The van der Waals surface area contributed by atoms with E-state index in [1.54, 1.807) is 18.2 Å². The number of alkyl halides is 3. The first-order valence-corrected chi connectivity index (χ1v) is 9.26. The van der Waals surface area contributed by atoms with Gasteiger partial charge in [-0.2, -0.15) is 13.2 Å². The number of anilines is 1. The number of nitrogens with one attached hydrogen (secondary N) is 1. The van der Waals surface area contributed by atoms with Crippen LogP contribution in [0.2, 0.25) is 0 Å². The zero-order valence-electron chi connectivity index (χ0n) is 15.4. The van der Waals surface area contributed by atoms with Crippen LogP contribution in [0.25, 0.3) is 0 Å². The number of carbonyl (C=O) groups is 1. The summed E-state index contributed by atoms with van der Waals surface area (Å²) >= 11 is 0. The van der Waals surface area contributed by atoms with Crippen molar-refractivity contribution in [1.29, 1.82) is 0 Å². The number of rotatable bonds is 6. The summed E-state index contributed by atoms with van der Waals surface area (Å²) in [5.41, 5.74) is 1.45. The molecule has 1 aliphatic rings. The monoisotopic (exact) mass is 392 g/mol. The molecular weight excluding hydrogens is 369 g/mol. The molecule has 1 atom stereocenters. The second-order valence-electron chi connectivity index (χ2n) is 6.95. The van der Waals surface area contributed by atoms with Gasteiger partial charge in [-0.15, -0.1) is 0 Å².